The third kappa shape index (κ3) is 4.41. The zero-order chi connectivity index (χ0) is 23.5. The summed E-state index contributed by atoms with van der Waals surface area (Å²) in [5.74, 6) is 0.770. The van der Waals surface area contributed by atoms with Crippen molar-refractivity contribution in [2.45, 2.75) is 13.3 Å². The molecule has 8 heteroatoms. The van der Waals surface area contributed by atoms with Gasteiger partial charge in [0.1, 0.15) is 11.4 Å². The Hall–Kier alpha value is -3.81. The topological polar surface area (TPSA) is 76.8 Å². The molecule has 2 aromatic carbocycles. The highest BCUT2D eigenvalue weighted by atomic mass is 16.5. The molecular formula is C25H28N4O4. The number of anilines is 1. The van der Waals surface area contributed by atoms with E-state index in [0.717, 1.165) is 15.9 Å². The largest absolute Gasteiger partial charge is 0.497 e. The van der Waals surface area contributed by atoms with E-state index in [1.54, 1.807) is 18.6 Å². The molecule has 0 saturated carbocycles. The number of benzene rings is 2. The summed E-state index contributed by atoms with van der Waals surface area (Å²) >= 11 is 0. The molecule has 1 saturated heterocycles. The second-order valence-electron chi connectivity index (χ2n) is 8.15. The van der Waals surface area contributed by atoms with Gasteiger partial charge in [0.2, 0.25) is 5.91 Å². The maximum atomic E-state index is 13.0. The van der Waals surface area contributed by atoms with Crippen LogP contribution in [0.1, 0.15) is 11.3 Å². The zero-order valence-corrected chi connectivity index (χ0v) is 19.2. The summed E-state index contributed by atoms with van der Waals surface area (Å²) in [7, 11) is 3.11. The molecule has 1 fully saturated rings. The Morgan fingerprint density at radius 2 is 1.67 bits per heavy atom. The molecule has 0 spiro atoms. The van der Waals surface area contributed by atoms with E-state index in [1.807, 2.05) is 64.4 Å². The van der Waals surface area contributed by atoms with Gasteiger partial charge in [-0.1, -0.05) is 30.3 Å². The van der Waals surface area contributed by atoms with E-state index < -0.39 is 0 Å². The predicted octanol–water partition coefficient (Wildman–Crippen LogP) is 1.74. The first-order chi connectivity index (χ1) is 15.9. The first-order valence-corrected chi connectivity index (χ1v) is 10.9. The van der Waals surface area contributed by atoms with Gasteiger partial charge in [-0.2, -0.15) is 0 Å². The molecule has 33 heavy (non-hydrogen) atoms. The van der Waals surface area contributed by atoms with Crippen molar-refractivity contribution in [3.05, 3.63) is 86.7 Å². The summed E-state index contributed by atoms with van der Waals surface area (Å²) in [6.07, 6.45) is 0.302. The van der Waals surface area contributed by atoms with E-state index in [-0.39, 0.29) is 17.2 Å². The molecule has 1 aromatic heterocycles. The number of ether oxygens (including phenoxy) is 1. The number of rotatable bonds is 5. The number of piperazine rings is 1. The fourth-order valence-electron chi connectivity index (χ4n) is 4.29. The SMILES string of the molecule is COc1cccc(CC(=O)N2CCN(c3c(C)n(-c4ccccc4)c(=O)n(C)c3=O)CC2)c1. The van der Waals surface area contributed by atoms with Crippen LogP contribution in [-0.4, -0.2) is 53.2 Å². The van der Waals surface area contributed by atoms with E-state index in [1.165, 1.54) is 7.05 Å². The van der Waals surface area contributed by atoms with Crippen LogP contribution in [0.2, 0.25) is 0 Å². The molecule has 1 aliphatic rings. The van der Waals surface area contributed by atoms with Crippen molar-refractivity contribution in [1.29, 1.82) is 0 Å². The molecule has 0 radical (unpaired) electrons. The highest BCUT2D eigenvalue weighted by Crippen LogP contribution is 2.20. The first-order valence-electron chi connectivity index (χ1n) is 10.9. The Kier molecular flexibility index (Phi) is 6.35. The normalized spacial score (nSPS) is 13.8. The number of aromatic nitrogens is 2. The lowest BCUT2D eigenvalue weighted by Crippen LogP contribution is -2.52. The number of nitrogens with zero attached hydrogens (tertiary/aromatic N) is 4. The number of carbonyl (C=O) groups excluding carboxylic acids is 1. The summed E-state index contributed by atoms with van der Waals surface area (Å²) < 4.78 is 7.95. The van der Waals surface area contributed by atoms with Gasteiger partial charge in [0, 0.05) is 33.2 Å². The number of hydrogen-bond donors (Lipinski definition) is 0. The van der Waals surface area contributed by atoms with Crippen molar-refractivity contribution in [2.75, 3.05) is 38.2 Å². The molecule has 0 unspecified atom stereocenters. The van der Waals surface area contributed by atoms with Crippen LogP contribution in [0.4, 0.5) is 5.69 Å². The number of methoxy groups -OCH3 is 1. The van der Waals surface area contributed by atoms with Gasteiger partial charge in [0.25, 0.3) is 5.56 Å². The van der Waals surface area contributed by atoms with Crippen molar-refractivity contribution in [3.8, 4) is 11.4 Å². The molecule has 2 heterocycles. The lowest BCUT2D eigenvalue weighted by molar-refractivity contribution is -0.130. The van der Waals surface area contributed by atoms with Crippen LogP contribution in [0.25, 0.3) is 5.69 Å². The number of hydrogen-bond acceptors (Lipinski definition) is 5. The molecule has 8 nitrogen and oxygen atoms in total. The molecular weight excluding hydrogens is 420 g/mol. The van der Waals surface area contributed by atoms with E-state index >= 15 is 0 Å². The second kappa shape index (κ2) is 9.36. The molecule has 0 bridgehead atoms. The number of amides is 1. The lowest BCUT2D eigenvalue weighted by Gasteiger charge is -2.36. The van der Waals surface area contributed by atoms with E-state index in [0.29, 0.717) is 49.7 Å². The second-order valence-corrected chi connectivity index (χ2v) is 8.15. The van der Waals surface area contributed by atoms with Crippen LogP contribution < -0.4 is 20.9 Å². The number of para-hydroxylation sites is 1. The van der Waals surface area contributed by atoms with Gasteiger partial charge < -0.3 is 14.5 Å². The minimum atomic E-state index is -0.375. The average molecular weight is 449 g/mol. The summed E-state index contributed by atoms with van der Waals surface area (Å²) in [4.78, 5) is 42.5. The molecule has 4 rings (SSSR count). The summed E-state index contributed by atoms with van der Waals surface area (Å²) in [6.45, 7) is 3.86. The fourth-order valence-corrected chi connectivity index (χ4v) is 4.29. The molecule has 1 aliphatic heterocycles. The Balaban J connectivity index is 1.54. The van der Waals surface area contributed by atoms with Gasteiger partial charge >= 0.3 is 5.69 Å². The predicted molar refractivity (Wildman–Crippen MR) is 128 cm³/mol. The summed E-state index contributed by atoms with van der Waals surface area (Å²) in [5.41, 5.74) is 2.03. The summed E-state index contributed by atoms with van der Waals surface area (Å²) in [6, 6.07) is 16.8. The van der Waals surface area contributed by atoms with Crippen LogP contribution >= 0.6 is 0 Å². The zero-order valence-electron chi connectivity index (χ0n) is 19.2. The van der Waals surface area contributed by atoms with Gasteiger partial charge in [0.15, 0.2) is 0 Å². The van der Waals surface area contributed by atoms with Gasteiger partial charge in [-0.15, -0.1) is 0 Å². The molecule has 0 N–H and O–H groups in total. The van der Waals surface area contributed by atoms with Crippen molar-refractivity contribution in [3.63, 3.8) is 0 Å². The molecule has 172 valence electrons. The van der Waals surface area contributed by atoms with Crippen LogP contribution in [0.5, 0.6) is 5.75 Å². The molecule has 3 aromatic rings. The lowest BCUT2D eigenvalue weighted by atomic mass is 10.1. The van der Waals surface area contributed by atoms with Gasteiger partial charge in [-0.3, -0.25) is 18.7 Å². The molecule has 0 aliphatic carbocycles. The maximum Gasteiger partial charge on any atom is 0.335 e. The summed E-state index contributed by atoms with van der Waals surface area (Å²) in [5, 5.41) is 0. The Bertz CT molecular complexity index is 1270. The van der Waals surface area contributed by atoms with Crippen molar-refractivity contribution >= 4 is 11.6 Å². The van der Waals surface area contributed by atoms with Gasteiger partial charge in [-0.25, -0.2) is 4.79 Å². The van der Waals surface area contributed by atoms with Crippen LogP contribution in [0.15, 0.2) is 64.2 Å². The third-order valence-electron chi connectivity index (χ3n) is 6.12. The van der Waals surface area contributed by atoms with Crippen molar-refractivity contribution in [2.24, 2.45) is 7.05 Å². The Labute approximate surface area is 192 Å². The highest BCUT2D eigenvalue weighted by Gasteiger charge is 2.26. The van der Waals surface area contributed by atoms with E-state index in [9.17, 15) is 14.4 Å². The van der Waals surface area contributed by atoms with Crippen LogP contribution in [0.3, 0.4) is 0 Å². The van der Waals surface area contributed by atoms with Crippen molar-refractivity contribution in [1.82, 2.24) is 14.0 Å². The molecule has 1 amide bonds. The minimum Gasteiger partial charge on any atom is -0.497 e. The third-order valence-corrected chi connectivity index (χ3v) is 6.12. The average Bonchev–Trinajstić information content (AvgIpc) is 2.84. The smallest absolute Gasteiger partial charge is 0.335 e. The van der Waals surface area contributed by atoms with Gasteiger partial charge in [-0.05, 0) is 36.8 Å². The van der Waals surface area contributed by atoms with Crippen molar-refractivity contribution < 1.29 is 9.53 Å². The van der Waals surface area contributed by atoms with Gasteiger partial charge in [0.05, 0.1) is 24.9 Å². The fraction of sp³-hybridized carbons (Fsp3) is 0.320. The number of carbonyl (C=O) groups is 1. The minimum absolute atomic E-state index is 0.0433. The van der Waals surface area contributed by atoms with Crippen LogP contribution in [0, 0.1) is 6.92 Å². The van der Waals surface area contributed by atoms with E-state index in [2.05, 4.69) is 0 Å². The quantitative estimate of drug-likeness (QED) is 0.594. The Morgan fingerprint density at radius 3 is 2.33 bits per heavy atom. The maximum absolute atomic E-state index is 13.0. The monoisotopic (exact) mass is 448 g/mol. The Morgan fingerprint density at radius 1 is 0.970 bits per heavy atom. The highest BCUT2D eigenvalue weighted by molar-refractivity contribution is 5.79. The van der Waals surface area contributed by atoms with Crippen LogP contribution in [-0.2, 0) is 18.3 Å². The molecule has 0 atom stereocenters. The van der Waals surface area contributed by atoms with E-state index in [4.69, 9.17) is 4.74 Å². The first kappa shape index (κ1) is 22.4. The standard InChI is InChI=1S/C25H28N4O4/c1-18-23(24(31)26(2)25(32)29(18)20-9-5-4-6-10-20)28-14-12-27(13-15-28)22(30)17-19-8-7-11-21(16-19)33-3/h4-11,16H,12-15,17H2,1-3H3.